The van der Waals surface area contributed by atoms with Gasteiger partial charge in [0.25, 0.3) is 0 Å². The molecule has 0 bridgehead atoms. The summed E-state index contributed by atoms with van der Waals surface area (Å²) in [6.45, 7) is 4.16. The highest BCUT2D eigenvalue weighted by molar-refractivity contribution is 5.85. The van der Waals surface area contributed by atoms with Crippen molar-refractivity contribution in [2.45, 2.75) is 76.7 Å². The summed E-state index contributed by atoms with van der Waals surface area (Å²) in [5.41, 5.74) is 0. The molecule has 0 aromatic heterocycles. The SMILES string of the molecule is Cl.O=C(CC1CCCC1)NC1CCC(C(=O)N2CC[C@@H]3CNC[C@@H]3CC2)CC1. The van der Waals surface area contributed by atoms with E-state index in [1.54, 1.807) is 0 Å². The maximum absolute atomic E-state index is 13.0. The van der Waals surface area contributed by atoms with Crippen molar-refractivity contribution in [2.75, 3.05) is 26.2 Å². The van der Waals surface area contributed by atoms with Gasteiger partial charge in [-0.05, 0) is 82.2 Å². The summed E-state index contributed by atoms with van der Waals surface area (Å²) in [6.07, 6.45) is 11.9. The minimum atomic E-state index is 0. The monoisotopic (exact) mass is 411 g/mol. The minimum Gasteiger partial charge on any atom is -0.353 e. The standard InChI is InChI=1S/C22H37N3O2.ClH/c26-21(13-16-3-1-2-4-16)24-20-7-5-17(6-8-20)22(27)25-11-9-18-14-23-15-19(18)10-12-25;/h16-20,23H,1-15H2,(H,24,26);1H/t17?,18-,19+,20?;. The zero-order valence-corrected chi connectivity index (χ0v) is 18.0. The Kier molecular flexibility index (Phi) is 8.04. The Labute approximate surface area is 176 Å². The Hall–Kier alpha value is -0.810. The topological polar surface area (TPSA) is 61.4 Å². The lowest BCUT2D eigenvalue weighted by molar-refractivity contribution is -0.136. The number of amides is 2. The van der Waals surface area contributed by atoms with E-state index in [9.17, 15) is 9.59 Å². The molecule has 2 amide bonds. The number of hydrogen-bond acceptors (Lipinski definition) is 3. The highest BCUT2D eigenvalue weighted by Gasteiger charge is 2.35. The fourth-order valence-corrected chi connectivity index (χ4v) is 5.94. The van der Waals surface area contributed by atoms with Crippen molar-refractivity contribution in [3.63, 3.8) is 0 Å². The Morgan fingerprint density at radius 1 is 0.857 bits per heavy atom. The number of fused-ring (bicyclic) bond motifs is 1. The van der Waals surface area contributed by atoms with Gasteiger partial charge in [-0.1, -0.05) is 12.8 Å². The van der Waals surface area contributed by atoms with Crippen molar-refractivity contribution < 1.29 is 9.59 Å². The highest BCUT2D eigenvalue weighted by Crippen LogP contribution is 2.31. The van der Waals surface area contributed by atoms with E-state index in [2.05, 4.69) is 15.5 Å². The maximum Gasteiger partial charge on any atom is 0.225 e. The van der Waals surface area contributed by atoms with E-state index in [1.807, 2.05) is 0 Å². The van der Waals surface area contributed by atoms with Crippen LogP contribution in [0.15, 0.2) is 0 Å². The van der Waals surface area contributed by atoms with Crippen LogP contribution in [-0.4, -0.2) is 48.9 Å². The van der Waals surface area contributed by atoms with E-state index < -0.39 is 0 Å². The van der Waals surface area contributed by atoms with E-state index in [4.69, 9.17) is 0 Å². The second-order valence-corrected chi connectivity index (χ2v) is 9.55. The van der Waals surface area contributed by atoms with E-state index in [1.165, 1.54) is 25.7 Å². The number of halogens is 1. The van der Waals surface area contributed by atoms with Crippen molar-refractivity contribution in [2.24, 2.45) is 23.7 Å². The fraction of sp³-hybridized carbons (Fsp3) is 0.909. The molecule has 2 saturated heterocycles. The third-order valence-corrected chi connectivity index (χ3v) is 7.72. The molecule has 5 nitrogen and oxygen atoms in total. The molecule has 2 aliphatic carbocycles. The van der Waals surface area contributed by atoms with E-state index >= 15 is 0 Å². The van der Waals surface area contributed by atoms with Crippen molar-refractivity contribution in [3.8, 4) is 0 Å². The van der Waals surface area contributed by atoms with Crippen LogP contribution in [0.4, 0.5) is 0 Å². The van der Waals surface area contributed by atoms with E-state index in [0.717, 1.165) is 76.5 Å². The van der Waals surface area contributed by atoms with Crippen LogP contribution in [0.1, 0.15) is 70.6 Å². The van der Waals surface area contributed by atoms with Crippen LogP contribution in [0, 0.1) is 23.7 Å². The van der Waals surface area contributed by atoms with Gasteiger partial charge in [0.1, 0.15) is 0 Å². The molecular weight excluding hydrogens is 374 g/mol. The third kappa shape index (κ3) is 5.41. The number of likely N-dealkylation sites (tertiary alicyclic amines) is 1. The van der Waals surface area contributed by atoms with E-state index in [0.29, 0.717) is 18.2 Å². The van der Waals surface area contributed by atoms with Crippen molar-refractivity contribution >= 4 is 24.2 Å². The Morgan fingerprint density at radius 2 is 1.46 bits per heavy atom. The molecule has 4 rings (SSSR count). The Balaban J connectivity index is 0.00000225. The Morgan fingerprint density at radius 3 is 2.07 bits per heavy atom. The lowest BCUT2D eigenvalue weighted by Gasteiger charge is -2.32. The van der Waals surface area contributed by atoms with Gasteiger partial charge in [0, 0.05) is 31.5 Å². The average Bonchev–Trinajstić information content (AvgIpc) is 3.30. The molecular formula is C22H38ClN3O2. The van der Waals surface area contributed by atoms with Gasteiger partial charge >= 0.3 is 0 Å². The largest absolute Gasteiger partial charge is 0.353 e. The molecule has 2 heterocycles. The second kappa shape index (κ2) is 10.3. The second-order valence-electron chi connectivity index (χ2n) is 9.55. The first-order valence-electron chi connectivity index (χ1n) is 11.5. The lowest BCUT2D eigenvalue weighted by atomic mass is 9.85. The average molecular weight is 412 g/mol. The smallest absolute Gasteiger partial charge is 0.225 e. The predicted octanol–water partition coefficient (Wildman–Crippen LogP) is 3.12. The molecule has 2 N–H and O–H groups in total. The van der Waals surface area contributed by atoms with Gasteiger partial charge < -0.3 is 15.5 Å². The van der Waals surface area contributed by atoms with Crippen LogP contribution in [0.5, 0.6) is 0 Å². The first kappa shape index (κ1) is 21.9. The van der Waals surface area contributed by atoms with Crippen LogP contribution in [0.2, 0.25) is 0 Å². The number of nitrogens with zero attached hydrogens (tertiary/aromatic N) is 1. The molecule has 0 radical (unpaired) electrons. The Bertz CT molecular complexity index is 516. The summed E-state index contributed by atoms with van der Waals surface area (Å²) in [4.78, 5) is 27.4. The molecule has 0 unspecified atom stereocenters. The summed E-state index contributed by atoms with van der Waals surface area (Å²) in [6, 6.07) is 0.289. The zero-order chi connectivity index (χ0) is 18.6. The molecule has 0 aromatic rings. The number of carbonyl (C=O) groups excluding carboxylic acids is 2. The van der Waals surface area contributed by atoms with Gasteiger partial charge in [-0.2, -0.15) is 0 Å². The molecule has 4 aliphatic rings. The lowest BCUT2D eigenvalue weighted by Crippen LogP contribution is -2.43. The molecule has 0 aromatic carbocycles. The fourth-order valence-electron chi connectivity index (χ4n) is 5.94. The number of nitrogens with one attached hydrogen (secondary N) is 2. The summed E-state index contributed by atoms with van der Waals surface area (Å²) in [5.74, 6) is 2.97. The van der Waals surface area contributed by atoms with Crippen LogP contribution in [-0.2, 0) is 9.59 Å². The predicted molar refractivity (Wildman–Crippen MR) is 113 cm³/mol. The minimum absolute atomic E-state index is 0. The van der Waals surface area contributed by atoms with Gasteiger partial charge in [-0.25, -0.2) is 0 Å². The van der Waals surface area contributed by atoms with Gasteiger partial charge in [0.2, 0.25) is 11.8 Å². The summed E-state index contributed by atoms with van der Waals surface area (Å²) < 4.78 is 0. The summed E-state index contributed by atoms with van der Waals surface area (Å²) in [7, 11) is 0. The zero-order valence-electron chi connectivity index (χ0n) is 17.2. The summed E-state index contributed by atoms with van der Waals surface area (Å²) in [5, 5.41) is 6.76. The first-order chi connectivity index (χ1) is 13.2. The van der Waals surface area contributed by atoms with Crippen LogP contribution < -0.4 is 10.6 Å². The molecule has 0 spiro atoms. The normalized spacial score (nSPS) is 33.6. The molecule has 2 atom stereocenters. The molecule has 2 saturated carbocycles. The molecule has 6 heteroatoms. The number of hydrogen-bond donors (Lipinski definition) is 2. The molecule has 4 fully saturated rings. The van der Waals surface area contributed by atoms with Crippen molar-refractivity contribution in [1.82, 2.24) is 15.5 Å². The van der Waals surface area contributed by atoms with Gasteiger partial charge in [0.05, 0.1) is 0 Å². The molecule has 2 aliphatic heterocycles. The highest BCUT2D eigenvalue weighted by atomic mass is 35.5. The third-order valence-electron chi connectivity index (χ3n) is 7.72. The van der Waals surface area contributed by atoms with Gasteiger partial charge in [-0.15, -0.1) is 12.4 Å². The first-order valence-corrected chi connectivity index (χ1v) is 11.5. The van der Waals surface area contributed by atoms with Gasteiger partial charge in [-0.3, -0.25) is 9.59 Å². The van der Waals surface area contributed by atoms with Crippen molar-refractivity contribution in [3.05, 3.63) is 0 Å². The maximum atomic E-state index is 13.0. The van der Waals surface area contributed by atoms with Crippen molar-refractivity contribution in [1.29, 1.82) is 0 Å². The van der Waals surface area contributed by atoms with Crippen LogP contribution in [0.3, 0.4) is 0 Å². The number of rotatable bonds is 4. The van der Waals surface area contributed by atoms with Crippen LogP contribution in [0.25, 0.3) is 0 Å². The van der Waals surface area contributed by atoms with Gasteiger partial charge in [0.15, 0.2) is 0 Å². The molecule has 28 heavy (non-hydrogen) atoms. The molecule has 160 valence electrons. The van der Waals surface area contributed by atoms with E-state index in [-0.39, 0.29) is 30.3 Å². The quantitative estimate of drug-likeness (QED) is 0.747. The summed E-state index contributed by atoms with van der Waals surface area (Å²) >= 11 is 0. The van der Waals surface area contributed by atoms with Crippen LogP contribution >= 0.6 is 12.4 Å². The number of carbonyl (C=O) groups is 2.